The fourth-order valence-electron chi connectivity index (χ4n) is 5.15. The van der Waals surface area contributed by atoms with Crippen LogP contribution in [0, 0.1) is 25.7 Å². The molecule has 5 rings (SSSR count). The van der Waals surface area contributed by atoms with Crippen LogP contribution in [0.3, 0.4) is 0 Å². The summed E-state index contributed by atoms with van der Waals surface area (Å²) < 4.78 is 1.12. The van der Waals surface area contributed by atoms with Crippen molar-refractivity contribution in [3.8, 4) is 10.6 Å². The Morgan fingerprint density at radius 3 is 2.56 bits per heavy atom. The Balaban J connectivity index is 1.48. The number of nitrogens with zero attached hydrogens (tertiary/aromatic N) is 4. The molecule has 0 aliphatic heterocycles. The first-order chi connectivity index (χ1) is 16.2. The largest absolute Gasteiger partial charge is 0.390 e. The second-order valence-electron chi connectivity index (χ2n) is 10.6. The molecule has 0 saturated heterocycles. The molecule has 1 unspecified atom stereocenters. The number of nitrogens with one attached hydrogen (secondary N) is 2. The summed E-state index contributed by atoms with van der Waals surface area (Å²) in [7, 11) is 0. The lowest BCUT2D eigenvalue weighted by atomic mass is 9.86. The molecule has 0 aromatic carbocycles. The van der Waals surface area contributed by atoms with Crippen LogP contribution in [-0.4, -0.2) is 42.7 Å². The lowest BCUT2D eigenvalue weighted by Gasteiger charge is -2.28. The molecule has 7 nitrogen and oxygen atoms in total. The smallest absolute Gasteiger partial charge is 0.225 e. The van der Waals surface area contributed by atoms with E-state index < -0.39 is 5.60 Å². The molecule has 0 radical (unpaired) electrons. The molecule has 3 N–H and O–H groups in total. The number of anilines is 2. The molecule has 3 aromatic heterocycles. The zero-order chi connectivity index (χ0) is 24.1. The number of thiazole rings is 1. The summed E-state index contributed by atoms with van der Waals surface area (Å²) in [6.07, 6.45) is 8.66. The van der Waals surface area contributed by atoms with Crippen LogP contribution in [0.1, 0.15) is 70.7 Å². The molecule has 0 bridgehead atoms. The topological polar surface area (TPSA) is 95.9 Å². The van der Waals surface area contributed by atoms with Gasteiger partial charge in [-0.2, -0.15) is 4.98 Å². The fraction of sp³-hybridized carbons (Fsp3) is 0.615. The van der Waals surface area contributed by atoms with Gasteiger partial charge in [-0.25, -0.2) is 9.97 Å². The molecule has 34 heavy (non-hydrogen) atoms. The van der Waals surface area contributed by atoms with E-state index in [1.54, 1.807) is 11.3 Å². The summed E-state index contributed by atoms with van der Waals surface area (Å²) in [4.78, 5) is 19.2. The van der Waals surface area contributed by atoms with Crippen molar-refractivity contribution in [2.24, 2.45) is 11.8 Å². The van der Waals surface area contributed by atoms with Crippen molar-refractivity contribution in [1.82, 2.24) is 19.9 Å². The predicted octanol–water partition coefficient (Wildman–Crippen LogP) is 5.72. The maximum Gasteiger partial charge on any atom is 0.225 e. The minimum absolute atomic E-state index is 0.206. The van der Waals surface area contributed by atoms with Crippen molar-refractivity contribution >= 4 is 33.3 Å². The number of hydrogen-bond donors (Lipinski definition) is 3. The van der Waals surface area contributed by atoms with E-state index in [0.29, 0.717) is 5.95 Å². The third kappa shape index (κ3) is 4.62. The van der Waals surface area contributed by atoms with Gasteiger partial charge in [0.25, 0.3) is 0 Å². The fourth-order valence-corrected chi connectivity index (χ4v) is 6.26. The first-order valence-electron chi connectivity index (χ1n) is 12.6. The monoisotopic (exact) mass is 480 g/mol. The Labute approximate surface area is 205 Å². The number of fused-ring (bicyclic) bond motifs is 1. The number of aliphatic hydroxyl groups is 1. The van der Waals surface area contributed by atoms with Crippen molar-refractivity contribution in [3.05, 3.63) is 23.7 Å². The SMILES string of the molecule is CCC(CCNc1nc(NC2(C3CC3)CC2)nc(C)c1-c1nc2c(C)nccc2s1)C(C)(C)O. The zero-order valence-corrected chi connectivity index (χ0v) is 21.7. The molecule has 3 heterocycles. The van der Waals surface area contributed by atoms with Gasteiger partial charge >= 0.3 is 0 Å². The number of aromatic nitrogens is 4. The lowest BCUT2D eigenvalue weighted by Crippen LogP contribution is -2.32. The Morgan fingerprint density at radius 2 is 1.94 bits per heavy atom. The number of hydrogen-bond acceptors (Lipinski definition) is 8. The Bertz CT molecular complexity index is 1190. The molecule has 2 aliphatic carbocycles. The van der Waals surface area contributed by atoms with Crippen LogP contribution < -0.4 is 10.6 Å². The molecule has 182 valence electrons. The van der Waals surface area contributed by atoms with Gasteiger partial charge in [-0.15, -0.1) is 11.3 Å². The summed E-state index contributed by atoms with van der Waals surface area (Å²) in [6.45, 7) is 10.7. The molecular weight excluding hydrogens is 444 g/mol. The average Bonchev–Trinajstić information content (AvgIpc) is 3.68. The molecule has 0 amide bonds. The number of rotatable bonds is 10. The van der Waals surface area contributed by atoms with Gasteiger partial charge in [0.1, 0.15) is 16.3 Å². The molecule has 1 atom stereocenters. The van der Waals surface area contributed by atoms with Gasteiger partial charge in [0, 0.05) is 18.3 Å². The highest BCUT2D eigenvalue weighted by Crippen LogP contribution is 2.55. The molecule has 8 heteroatoms. The highest BCUT2D eigenvalue weighted by atomic mass is 32.1. The van der Waals surface area contributed by atoms with Crippen LogP contribution in [0.2, 0.25) is 0 Å². The van der Waals surface area contributed by atoms with E-state index in [-0.39, 0.29) is 11.5 Å². The van der Waals surface area contributed by atoms with Crippen molar-refractivity contribution in [1.29, 1.82) is 0 Å². The van der Waals surface area contributed by atoms with E-state index in [9.17, 15) is 5.11 Å². The Kier molecular flexibility index (Phi) is 6.01. The maximum atomic E-state index is 10.5. The van der Waals surface area contributed by atoms with Crippen molar-refractivity contribution in [2.75, 3.05) is 17.2 Å². The van der Waals surface area contributed by atoms with E-state index >= 15 is 0 Å². The van der Waals surface area contributed by atoms with Crippen LogP contribution >= 0.6 is 11.3 Å². The van der Waals surface area contributed by atoms with Gasteiger partial charge in [0.05, 0.1) is 27.3 Å². The van der Waals surface area contributed by atoms with E-state index in [2.05, 4.69) is 22.5 Å². The van der Waals surface area contributed by atoms with Gasteiger partial charge in [0.15, 0.2) is 0 Å². The molecule has 0 spiro atoms. The molecule has 2 fully saturated rings. The summed E-state index contributed by atoms with van der Waals surface area (Å²) in [6, 6.07) is 2.02. The Hall–Kier alpha value is -2.32. The van der Waals surface area contributed by atoms with Gasteiger partial charge in [-0.3, -0.25) is 4.98 Å². The van der Waals surface area contributed by atoms with Crippen molar-refractivity contribution in [3.63, 3.8) is 0 Å². The highest BCUT2D eigenvalue weighted by Gasteiger charge is 2.54. The Morgan fingerprint density at radius 1 is 1.18 bits per heavy atom. The minimum Gasteiger partial charge on any atom is -0.390 e. The predicted molar refractivity (Wildman–Crippen MR) is 139 cm³/mol. The normalized spacial score (nSPS) is 18.2. The first kappa shape index (κ1) is 23.4. The van der Waals surface area contributed by atoms with E-state index in [1.165, 1.54) is 25.7 Å². The van der Waals surface area contributed by atoms with E-state index in [4.69, 9.17) is 15.0 Å². The second kappa shape index (κ2) is 8.72. The third-order valence-corrected chi connectivity index (χ3v) is 8.62. The van der Waals surface area contributed by atoms with Gasteiger partial charge in [-0.05, 0) is 77.7 Å². The summed E-state index contributed by atoms with van der Waals surface area (Å²) in [5.41, 5.74) is 3.26. The highest BCUT2D eigenvalue weighted by molar-refractivity contribution is 7.21. The molecule has 2 saturated carbocycles. The van der Waals surface area contributed by atoms with Crippen molar-refractivity contribution in [2.45, 2.75) is 84.3 Å². The van der Waals surface area contributed by atoms with Gasteiger partial charge < -0.3 is 15.7 Å². The van der Waals surface area contributed by atoms with Gasteiger partial charge in [-0.1, -0.05) is 13.3 Å². The van der Waals surface area contributed by atoms with Gasteiger partial charge in [0.2, 0.25) is 5.95 Å². The average molecular weight is 481 g/mol. The molecule has 3 aromatic rings. The van der Waals surface area contributed by atoms with Crippen LogP contribution in [0.25, 0.3) is 20.8 Å². The minimum atomic E-state index is -0.701. The van der Waals surface area contributed by atoms with E-state index in [1.807, 2.05) is 40.0 Å². The molecule has 2 aliphatic rings. The standard InChI is InChI=1S/C26H36N6OS/c1-6-17(25(4,5)33)9-13-28-22-20(23-30-21-16(3)27-14-10-19(21)34-23)15(2)29-24(31-22)32-26(11-12-26)18-7-8-18/h10,14,17-18,33H,6-9,11-13H2,1-5H3,(H2,28,29,31,32). The second-order valence-corrected chi connectivity index (χ2v) is 11.7. The van der Waals surface area contributed by atoms with E-state index in [0.717, 1.165) is 63.3 Å². The third-order valence-electron chi connectivity index (χ3n) is 7.58. The number of aryl methyl sites for hydroxylation is 2. The molecular formula is C26H36N6OS. The summed E-state index contributed by atoms with van der Waals surface area (Å²) >= 11 is 1.66. The maximum absolute atomic E-state index is 10.5. The van der Waals surface area contributed by atoms with Crippen LogP contribution in [0.15, 0.2) is 12.3 Å². The zero-order valence-electron chi connectivity index (χ0n) is 20.9. The summed E-state index contributed by atoms with van der Waals surface area (Å²) in [5, 5.41) is 18.7. The lowest BCUT2D eigenvalue weighted by molar-refractivity contribution is 0.0130. The quantitative estimate of drug-likeness (QED) is 0.341. The van der Waals surface area contributed by atoms with Crippen LogP contribution in [-0.2, 0) is 0 Å². The van der Waals surface area contributed by atoms with Crippen LogP contribution in [0.5, 0.6) is 0 Å². The summed E-state index contributed by atoms with van der Waals surface area (Å²) in [5.74, 6) is 2.51. The van der Waals surface area contributed by atoms with Crippen molar-refractivity contribution < 1.29 is 5.11 Å². The van der Waals surface area contributed by atoms with Crippen LogP contribution in [0.4, 0.5) is 11.8 Å². The first-order valence-corrected chi connectivity index (χ1v) is 13.4. The number of pyridine rings is 1.